The third kappa shape index (κ3) is 2.23. The smallest absolute Gasteiger partial charge is 0.159 e. The quantitative estimate of drug-likeness (QED) is 0.684. The van der Waals surface area contributed by atoms with Gasteiger partial charge in [0.1, 0.15) is 6.73 Å². The molecule has 0 aliphatic heterocycles. The molecule has 12 heavy (non-hydrogen) atoms. The van der Waals surface area contributed by atoms with E-state index >= 15 is 0 Å². The topological polar surface area (TPSA) is 39.1 Å². The van der Waals surface area contributed by atoms with E-state index in [1.54, 1.807) is 6.20 Å². The van der Waals surface area contributed by atoms with Crippen molar-refractivity contribution in [1.82, 2.24) is 15.1 Å². The summed E-state index contributed by atoms with van der Waals surface area (Å²) in [6.07, 6.45) is 3.61. The van der Waals surface area contributed by atoms with E-state index < -0.39 is 0 Å². The molecule has 4 nitrogen and oxygen atoms in total. The Bertz CT molecular complexity index is 232. The van der Waals surface area contributed by atoms with Crippen molar-refractivity contribution in [1.29, 1.82) is 0 Å². The summed E-state index contributed by atoms with van der Waals surface area (Å²) in [4.78, 5) is 0. The van der Waals surface area contributed by atoms with Gasteiger partial charge in [0.05, 0.1) is 12.4 Å². The summed E-state index contributed by atoms with van der Waals surface area (Å²) in [5, 5.41) is 7.03. The summed E-state index contributed by atoms with van der Waals surface area (Å²) in [5.74, 6) is 0.804. The lowest BCUT2D eigenvalue weighted by Crippen LogP contribution is -2.13. The van der Waals surface area contributed by atoms with Crippen LogP contribution in [-0.2, 0) is 0 Å². The van der Waals surface area contributed by atoms with E-state index in [-0.39, 0.29) is 0 Å². The van der Waals surface area contributed by atoms with Gasteiger partial charge in [0, 0.05) is 6.04 Å². The minimum atomic E-state index is 0.386. The Morgan fingerprint density at radius 3 is 2.92 bits per heavy atom. The molecule has 0 aliphatic carbocycles. The van der Waals surface area contributed by atoms with E-state index in [0.29, 0.717) is 12.8 Å². The standard InChI is InChI=1S/C8H15N3O/c1-7(2)11-5-8(4-10-11)12-6-9-3/h4-5,7,9H,6H2,1-3H3. The van der Waals surface area contributed by atoms with Gasteiger partial charge in [-0.3, -0.25) is 10.00 Å². The maximum Gasteiger partial charge on any atom is 0.159 e. The fraction of sp³-hybridized carbons (Fsp3) is 0.625. The van der Waals surface area contributed by atoms with Crippen LogP contribution >= 0.6 is 0 Å². The molecule has 0 saturated carbocycles. The SMILES string of the molecule is CNCOc1cnn(C(C)C)c1. The monoisotopic (exact) mass is 169 g/mol. The molecule has 1 heterocycles. The molecule has 0 fully saturated rings. The third-order valence-electron chi connectivity index (χ3n) is 1.49. The second kappa shape index (κ2) is 4.11. The van der Waals surface area contributed by atoms with Crippen molar-refractivity contribution in [3.63, 3.8) is 0 Å². The lowest BCUT2D eigenvalue weighted by Gasteiger charge is -2.03. The summed E-state index contributed by atoms with van der Waals surface area (Å²) in [7, 11) is 1.84. The Kier molecular flexibility index (Phi) is 3.10. The molecular formula is C8H15N3O. The molecule has 0 aromatic carbocycles. The van der Waals surface area contributed by atoms with Crippen molar-refractivity contribution in [3.8, 4) is 5.75 Å². The molecule has 1 aromatic heterocycles. The Hall–Kier alpha value is -1.03. The molecular weight excluding hydrogens is 154 g/mol. The zero-order valence-electron chi connectivity index (χ0n) is 7.74. The molecule has 1 N–H and O–H groups in total. The molecule has 1 aromatic rings. The molecule has 0 aliphatic rings. The van der Waals surface area contributed by atoms with Crippen molar-refractivity contribution in [2.75, 3.05) is 13.8 Å². The molecule has 0 saturated heterocycles. The number of hydrogen-bond acceptors (Lipinski definition) is 3. The fourth-order valence-electron chi connectivity index (χ4n) is 0.833. The molecule has 0 bridgehead atoms. The van der Waals surface area contributed by atoms with Crippen LogP contribution in [-0.4, -0.2) is 23.6 Å². The number of nitrogens with zero attached hydrogens (tertiary/aromatic N) is 2. The highest BCUT2D eigenvalue weighted by atomic mass is 16.5. The Morgan fingerprint density at radius 1 is 1.67 bits per heavy atom. The average Bonchev–Trinajstić information content (AvgIpc) is 2.48. The van der Waals surface area contributed by atoms with Crippen LogP contribution in [0.5, 0.6) is 5.75 Å². The Morgan fingerprint density at radius 2 is 2.42 bits per heavy atom. The van der Waals surface area contributed by atoms with Gasteiger partial charge in [-0.15, -0.1) is 0 Å². The summed E-state index contributed by atoms with van der Waals surface area (Å²) in [5.41, 5.74) is 0. The van der Waals surface area contributed by atoms with E-state index in [1.807, 2.05) is 17.9 Å². The number of aromatic nitrogens is 2. The maximum atomic E-state index is 5.29. The van der Waals surface area contributed by atoms with Crippen molar-refractivity contribution in [2.24, 2.45) is 0 Å². The first kappa shape index (κ1) is 9.06. The molecule has 4 heteroatoms. The van der Waals surface area contributed by atoms with Crippen molar-refractivity contribution in [3.05, 3.63) is 12.4 Å². The molecule has 0 spiro atoms. The van der Waals surface area contributed by atoms with Crippen LogP contribution in [0.1, 0.15) is 19.9 Å². The predicted molar refractivity (Wildman–Crippen MR) is 47.2 cm³/mol. The maximum absolute atomic E-state index is 5.29. The lowest BCUT2D eigenvalue weighted by molar-refractivity contribution is 0.295. The second-order valence-corrected chi connectivity index (χ2v) is 2.89. The summed E-state index contributed by atoms with van der Waals surface area (Å²) in [6, 6.07) is 0.386. The summed E-state index contributed by atoms with van der Waals surface area (Å²) < 4.78 is 7.16. The molecule has 0 unspecified atom stereocenters. The highest BCUT2D eigenvalue weighted by molar-refractivity contribution is 5.11. The minimum absolute atomic E-state index is 0.386. The Balaban J connectivity index is 2.52. The van der Waals surface area contributed by atoms with Gasteiger partial charge >= 0.3 is 0 Å². The van der Waals surface area contributed by atoms with Crippen molar-refractivity contribution < 1.29 is 4.74 Å². The first-order valence-corrected chi connectivity index (χ1v) is 4.05. The zero-order valence-corrected chi connectivity index (χ0v) is 7.74. The predicted octanol–water partition coefficient (Wildman–Crippen LogP) is 1.02. The molecule has 1 rings (SSSR count). The number of nitrogens with one attached hydrogen (secondary N) is 1. The minimum Gasteiger partial charge on any atom is -0.475 e. The largest absolute Gasteiger partial charge is 0.475 e. The van der Waals surface area contributed by atoms with E-state index in [0.717, 1.165) is 5.75 Å². The second-order valence-electron chi connectivity index (χ2n) is 2.89. The first-order valence-electron chi connectivity index (χ1n) is 4.05. The van der Waals surface area contributed by atoms with Crippen LogP contribution in [0.2, 0.25) is 0 Å². The van der Waals surface area contributed by atoms with Gasteiger partial charge in [-0.25, -0.2) is 0 Å². The van der Waals surface area contributed by atoms with E-state index in [1.165, 1.54) is 0 Å². The third-order valence-corrected chi connectivity index (χ3v) is 1.49. The van der Waals surface area contributed by atoms with E-state index in [9.17, 15) is 0 Å². The van der Waals surface area contributed by atoms with E-state index in [2.05, 4.69) is 24.3 Å². The van der Waals surface area contributed by atoms with Crippen LogP contribution in [0.25, 0.3) is 0 Å². The molecule has 0 radical (unpaired) electrons. The van der Waals surface area contributed by atoms with Gasteiger partial charge in [-0.1, -0.05) is 0 Å². The van der Waals surface area contributed by atoms with Crippen LogP contribution < -0.4 is 10.1 Å². The fourth-order valence-corrected chi connectivity index (χ4v) is 0.833. The van der Waals surface area contributed by atoms with Crippen LogP contribution in [0.4, 0.5) is 0 Å². The van der Waals surface area contributed by atoms with Gasteiger partial charge in [0.25, 0.3) is 0 Å². The van der Waals surface area contributed by atoms with E-state index in [4.69, 9.17) is 4.74 Å². The highest BCUT2D eigenvalue weighted by Gasteiger charge is 2.00. The van der Waals surface area contributed by atoms with Crippen LogP contribution in [0.15, 0.2) is 12.4 Å². The van der Waals surface area contributed by atoms with Gasteiger partial charge in [-0.05, 0) is 20.9 Å². The summed E-state index contributed by atoms with van der Waals surface area (Å²) in [6.45, 7) is 4.67. The molecule has 0 amide bonds. The number of rotatable bonds is 4. The van der Waals surface area contributed by atoms with Gasteiger partial charge < -0.3 is 4.74 Å². The average molecular weight is 169 g/mol. The first-order chi connectivity index (χ1) is 5.74. The summed E-state index contributed by atoms with van der Waals surface area (Å²) >= 11 is 0. The highest BCUT2D eigenvalue weighted by Crippen LogP contribution is 2.11. The molecule has 68 valence electrons. The van der Waals surface area contributed by atoms with Crippen LogP contribution in [0, 0.1) is 0 Å². The van der Waals surface area contributed by atoms with Gasteiger partial charge in [0.2, 0.25) is 0 Å². The van der Waals surface area contributed by atoms with Crippen molar-refractivity contribution in [2.45, 2.75) is 19.9 Å². The Labute approximate surface area is 72.5 Å². The zero-order chi connectivity index (χ0) is 8.97. The van der Waals surface area contributed by atoms with Gasteiger partial charge in [-0.2, -0.15) is 5.10 Å². The lowest BCUT2D eigenvalue weighted by atomic mass is 10.4. The van der Waals surface area contributed by atoms with Crippen LogP contribution in [0.3, 0.4) is 0 Å². The van der Waals surface area contributed by atoms with Crippen molar-refractivity contribution >= 4 is 0 Å². The number of ether oxygens (including phenoxy) is 1. The number of hydrogen-bond donors (Lipinski definition) is 1. The molecule has 0 atom stereocenters. The van der Waals surface area contributed by atoms with Gasteiger partial charge in [0.15, 0.2) is 5.75 Å². The normalized spacial score (nSPS) is 10.7.